The van der Waals surface area contributed by atoms with E-state index in [9.17, 15) is 4.79 Å². The molecule has 0 fully saturated rings. The van der Waals surface area contributed by atoms with Crippen molar-refractivity contribution < 1.29 is 13.9 Å². The lowest BCUT2D eigenvalue weighted by Crippen LogP contribution is -2.29. The Morgan fingerprint density at radius 1 is 1.03 bits per heavy atom. The Bertz CT molecular complexity index is 1570. The summed E-state index contributed by atoms with van der Waals surface area (Å²) in [5.74, 6) is -0.766. The topological polar surface area (TPSA) is 83.1 Å². The quantitative estimate of drug-likeness (QED) is 0.346. The first-order chi connectivity index (χ1) is 17.1. The SMILES string of the molecule is CN(C(=O)Oc1ccc(C2Nc3ccccc3-c3cnnc4[nH]cc2c34)cc1F)c1ccccc1. The van der Waals surface area contributed by atoms with Gasteiger partial charge in [-0.3, -0.25) is 4.90 Å². The van der Waals surface area contributed by atoms with E-state index in [1.165, 1.54) is 17.0 Å². The lowest BCUT2D eigenvalue weighted by molar-refractivity contribution is 0.207. The highest BCUT2D eigenvalue weighted by Crippen LogP contribution is 2.43. The maximum Gasteiger partial charge on any atom is 0.419 e. The average molecular weight is 465 g/mol. The minimum absolute atomic E-state index is 0.138. The zero-order valence-electron chi connectivity index (χ0n) is 18.7. The van der Waals surface area contributed by atoms with Crippen molar-refractivity contribution >= 4 is 28.5 Å². The van der Waals surface area contributed by atoms with Gasteiger partial charge in [0.1, 0.15) is 0 Å². The minimum atomic E-state index is -0.677. The first-order valence-corrected chi connectivity index (χ1v) is 11.1. The van der Waals surface area contributed by atoms with E-state index in [1.54, 1.807) is 31.4 Å². The smallest absolute Gasteiger partial charge is 0.407 e. The predicted molar refractivity (Wildman–Crippen MR) is 132 cm³/mol. The summed E-state index contributed by atoms with van der Waals surface area (Å²) >= 11 is 0. The number of carbonyl (C=O) groups is 1. The molecule has 1 atom stereocenters. The molecule has 2 aromatic heterocycles. The molecule has 1 amide bonds. The van der Waals surface area contributed by atoms with E-state index in [4.69, 9.17) is 4.74 Å². The Morgan fingerprint density at radius 3 is 2.66 bits per heavy atom. The van der Waals surface area contributed by atoms with Gasteiger partial charge >= 0.3 is 6.09 Å². The first kappa shape index (κ1) is 20.9. The number of anilines is 2. The maximum absolute atomic E-state index is 15.2. The van der Waals surface area contributed by atoms with Crippen LogP contribution in [-0.4, -0.2) is 28.3 Å². The summed E-state index contributed by atoms with van der Waals surface area (Å²) in [6, 6.07) is 21.2. The van der Waals surface area contributed by atoms with Crippen molar-refractivity contribution in [3.63, 3.8) is 0 Å². The van der Waals surface area contributed by atoms with E-state index < -0.39 is 11.9 Å². The number of fused-ring (bicyclic) bond motifs is 2. The number of nitrogens with zero attached hydrogens (tertiary/aromatic N) is 3. The Balaban J connectivity index is 1.36. The van der Waals surface area contributed by atoms with Crippen LogP contribution in [0.5, 0.6) is 5.75 Å². The molecule has 0 radical (unpaired) electrons. The van der Waals surface area contributed by atoms with Gasteiger partial charge in [0.25, 0.3) is 0 Å². The number of carbonyl (C=O) groups excluding carboxylic acids is 1. The molecule has 2 N–H and O–H groups in total. The van der Waals surface area contributed by atoms with Crippen LogP contribution in [0.1, 0.15) is 17.2 Å². The van der Waals surface area contributed by atoms with Gasteiger partial charge in [0, 0.05) is 46.7 Å². The molecule has 172 valence electrons. The zero-order chi connectivity index (χ0) is 23.9. The maximum atomic E-state index is 15.2. The van der Waals surface area contributed by atoms with Crippen molar-refractivity contribution in [3.8, 4) is 16.9 Å². The number of hydrogen-bond acceptors (Lipinski definition) is 5. The van der Waals surface area contributed by atoms with Gasteiger partial charge in [0.2, 0.25) is 0 Å². The van der Waals surface area contributed by atoms with Crippen LogP contribution >= 0.6 is 0 Å². The van der Waals surface area contributed by atoms with E-state index in [0.29, 0.717) is 16.9 Å². The third-order valence-corrected chi connectivity index (χ3v) is 6.24. The molecule has 7 nitrogen and oxygen atoms in total. The highest BCUT2D eigenvalue weighted by Gasteiger charge is 2.27. The van der Waals surface area contributed by atoms with Gasteiger partial charge in [-0.2, -0.15) is 5.10 Å². The van der Waals surface area contributed by atoms with Gasteiger partial charge in [-0.05, 0) is 35.9 Å². The molecule has 6 rings (SSSR count). The molecule has 0 saturated heterocycles. The van der Waals surface area contributed by atoms with Crippen LogP contribution in [0.2, 0.25) is 0 Å². The Labute approximate surface area is 200 Å². The molecule has 1 unspecified atom stereocenters. The second-order valence-electron chi connectivity index (χ2n) is 8.30. The van der Waals surface area contributed by atoms with Crippen LogP contribution < -0.4 is 15.0 Å². The van der Waals surface area contributed by atoms with Gasteiger partial charge in [-0.1, -0.05) is 42.5 Å². The molecule has 3 aromatic carbocycles. The van der Waals surface area contributed by atoms with Gasteiger partial charge in [0.05, 0.1) is 12.2 Å². The molecule has 1 aliphatic heterocycles. The summed E-state index contributed by atoms with van der Waals surface area (Å²) in [6.07, 6.45) is 2.94. The minimum Gasteiger partial charge on any atom is -0.407 e. The molecule has 0 aliphatic carbocycles. The highest BCUT2D eigenvalue weighted by atomic mass is 19.1. The zero-order valence-corrected chi connectivity index (χ0v) is 18.7. The van der Waals surface area contributed by atoms with Crippen LogP contribution in [0.4, 0.5) is 20.6 Å². The number of rotatable bonds is 3. The van der Waals surface area contributed by atoms with Crippen LogP contribution in [-0.2, 0) is 0 Å². The summed E-state index contributed by atoms with van der Waals surface area (Å²) in [5, 5.41) is 12.8. The largest absolute Gasteiger partial charge is 0.419 e. The second kappa shape index (κ2) is 8.25. The van der Waals surface area contributed by atoms with Gasteiger partial charge in [-0.15, -0.1) is 5.10 Å². The van der Waals surface area contributed by atoms with E-state index >= 15 is 4.39 Å². The lowest BCUT2D eigenvalue weighted by atomic mass is 9.97. The number of aromatic amines is 1. The van der Waals surface area contributed by atoms with Gasteiger partial charge < -0.3 is 15.0 Å². The summed E-state index contributed by atoms with van der Waals surface area (Å²) in [5.41, 5.74) is 5.76. The van der Waals surface area contributed by atoms with Crippen molar-refractivity contribution in [3.05, 3.63) is 102 Å². The fraction of sp³-hybridized carbons (Fsp3) is 0.0741. The van der Waals surface area contributed by atoms with Gasteiger partial charge in [0.15, 0.2) is 17.2 Å². The number of ether oxygens (including phenoxy) is 1. The molecule has 1 aliphatic rings. The third-order valence-electron chi connectivity index (χ3n) is 6.24. The Morgan fingerprint density at radius 2 is 1.83 bits per heavy atom. The second-order valence-corrected chi connectivity index (χ2v) is 8.30. The molecule has 0 saturated carbocycles. The lowest BCUT2D eigenvalue weighted by Gasteiger charge is -2.21. The van der Waals surface area contributed by atoms with E-state index in [2.05, 4.69) is 20.5 Å². The van der Waals surface area contributed by atoms with Crippen molar-refractivity contribution in [2.75, 3.05) is 17.3 Å². The number of aromatic nitrogens is 3. The van der Waals surface area contributed by atoms with Crippen molar-refractivity contribution in [1.29, 1.82) is 0 Å². The van der Waals surface area contributed by atoms with Crippen molar-refractivity contribution in [1.82, 2.24) is 15.2 Å². The number of amides is 1. The molecule has 0 bridgehead atoms. The van der Waals surface area contributed by atoms with Crippen LogP contribution in [0.15, 0.2) is 85.2 Å². The molecule has 0 spiro atoms. The molecule has 3 heterocycles. The predicted octanol–water partition coefficient (Wildman–Crippen LogP) is 5.91. The fourth-order valence-electron chi connectivity index (χ4n) is 4.47. The highest BCUT2D eigenvalue weighted by molar-refractivity contribution is 6.00. The number of nitrogens with one attached hydrogen (secondary N) is 2. The van der Waals surface area contributed by atoms with Crippen LogP contribution in [0.3, 0.4) is 0 Å². The van der Waals surface area contributed by atoms with Gasteiger partial charge in [-0.25, -0.2) is 9.18 Å². The standard InChI is InChI=1S/C27H20FN5O2/c1-33(17-7-3-2-4-8-17)27(34)35-23-12-11-16(13-21(23)28)25-20-14-29-26-24(20)19(15-30-32-26)18-9-5-6-10-22(18)31-25/h2-15,25,31H,1H3,(H,29,32). The van der Waals surface area contributed by atoms with E-state index in [-0.39, 0.29) is 11.8 Å². The molecule has 5 aromatic rings. The Hall–Kier alpha value is -4.72. The Kier molecular flexibility index (Phi) is 4.92. The monoisotopic (exact) mass is 465 g/mol. The number of para-hydroxylation sites is 2. The fourth-order valence-corrected chi connectivity index (χ4v) is 4.47. The average Bonchev–Trinajstić information content (AvgIpc) is 3.26. The number of H-pyrrole nitrogens is 1. The van der Waals surface area contributed by atoms with Crippen molar-refractivity contribution in [2.45, 2.75) is 6.04 Å². The molecular formula is C27H20FN5O2. The van der Waals surface area contributed by atoms with E-state index in [1.807, 2.05) is 48.7 Å². The number of halogens is 1. The van der Waals surface area contributed by atoms with Crippen LogP contribution in [0.25, 0.3) is 22.2 Å². The molecule has 8 heteroatoms. The van der Waals surface area contributed by atoms with E-state index in [0.717, 1.165) is 27.8 Å². The number of hydrogen-bond donors (Lipinski definition) is 2. The van der Waals surface area contributed by atoms with Crippen LogP contribution in [0, 0.1) is 5.82 Å². The third kappa shape index (κ3) is 3.56. The van der Waals surface area contributed by atoms with Crippen molar-refractivity contribution in [2.24, 2.45) is 0 Å². The summed E-state index contributed by atoms with van der Waals surface area (Å²) < 4.78 is 20.5. The number of benzene rings is 3. The first-order valence-electron chi connectivity index (χ1n) is 11.1. The summed E-state index contributed by atoms with van der Waals surface area (Å²) in [4.78, 5) is 17.1. The normalized spacial score (nSPS) is 14.1. The summed E-state index contributed by atoms with van der Waals surface area (Å²) in [6.45, 7) is 0. The molecular weight excluding hydrogens is 445 g/mol. The molecule has 35 heavy (non-hydrogen) atoms. The summed E-state index contributed by atoms with van der Waals surface area (Å²) in [7, 11) is 1.58.